The summed E-state index contributed by atoms with van der Waals surface area (Å²) < 4.78 is 109. The number of halogens is 6. The number of hydrogen-bond donors (Lipinski definition) is 3. The van der Waals surface area contributed by atoms with Gasteiger partial charge in [0, 0.05) is 29.9 Å². The highest BCUT2D eigenvalue weighted by atomic mass is 32.2. The van der Waals surface area contributed by atoms with E-state index < -0.39 is 35.0 Å². The third-order valence-electron chi connectivity index (χ3n) is 10.3. The number of aryl methyl sites for hydroxylation is 2. The van der Waals surface area contributed by atoms with Crippen molar-refractivity contribution in [1.82, 2.24) is 30.2 Å². The summed E-state index contributed by atoms with van der Waals surface area (Å²) >= 11 is 4.45. The van der Waals surface area contributed by atoms with Crippen molar-refractivity contribution in [2.75, 3.05) is 32.8 Å². The van der Waals surface area contributed by atoms with Gasteiger partial charge in [-0.2, -0.15) is 38.1 Å². The van der Waals surface area contributed by atoms with Crippen LogP contribution < -0.4 is 30.5 Å². The molecular formula is C47H42F6N6O9S3. The molecule has 4 aromatic carbocycles. The van der Waals surface area contributed by atoms with Crippen molar-refractivity contribution in [2.24, 2.45) is 0 Å². The van der Waals surface area contributed by atoms with E-state index in [1.807, 2.05) is 6.26 Å². The topological polar surface area (TPSA) is 201 Å². The van der Waals surface area contributed by atoms with Gasteiger partial charge >= 0.3 is 23.9 Å². The molecule has 0 amide bonds. The van der Waals surface area contributed by atoms with Gasteiger partial charge in [0.1, 0.15) is 46.2 Å². The number of alkyl halides is 6. The summed E-state index contributed by atoms with van der Waals surface area (Å²) in [7, 11) is 2.96. The second-order valence-corrected chi connectivity index (χ2v) is 18.2. The van der Waals surface area contributed by atoms with Crippen molar-refractivity contribution < 1.29 is 59.4 Å². The van der Waals surface area contributed by atoms with Crippen LogP contribution in [-0.2, 0) is 38.4 Å². The standard InChI is InChI=1S/C24H22F3N3O4S2.C23H20F3N3O5S/c1-32-19-12-16(9-10-17(19)21-29-23(31)34-30-21)33-13-20-18(4-3-11-35-2)28-22(36-20)14-5-7-15(8-6-14)24(25,26)27;1-32-18-11-15(8-9-16(18)20-28-22(31)34-29-20)33-12-19-17(3-2-10-30)27-21(35-19)13-4-6-14(7-5-13)23(24,25)26/h5-10,12H,3-4,11,13H2,1-2H3,(H,29,30,31);4-9,11,30H,2-3,10,12H2,1H3,(H,28,29,31). The molecule has 71 heavy (non-hydrogen) atoms. The zero-order valence-corrected chi connectivity index (χ0v) is 40.2. The van der Waals surface area contributed by atoms with Crippen molar-refractivity contribution >= 4 is 34.4 Å². The lowest BCUT2D eigenvalue weighted by atomic mass is 10.1. The SMILES string of the molecule is COc1cc(OCc2sc(-c3ccc(C(F)(F)F)cc3)nc2CCCO)ccc1-c1noc(=O)[nH]1.COc1cc(OCc2sc(-c3ccc(C(F)(F)F)cc3)nc2CCCSC)ccc1-c1noc(=O)[nH]1. The number of aliphatic hydroxyl groups is 1. The van der Waals surface area contributed by atoms with E-state index in [-0.39, 0.29) is 31.5 Å². The molecule has 0 spiro atoms. The van der Waals surface area contributed by atoms with E-state index in [4.69, 9.17) is 23.9 Å². The monoisotopic (exact) mass is 1040 g/mol. The highest BCUT2D eigenvalue weighted by Crippen LogP contribution is 2.38. The van der Waals surface area contributed by atoms with Crippen LogP contribution in [0.2, 0.25) is 0 Å². The van der Waals surface area contributed by atoms with Crippen LogP contribution in [0.1, 0.15) is 45.1 Å². The molecule has 8 rings (SSSR count). The smallest absolute Gasteiger partial charge is 0.439 e. The molecule has 374 valence electrons. The third-order valence-corrected chi connectivity index (χ3v) is 13.2. The molecule has 8 aromatic rings. The van der Waals surface area contributed by atoms with Crippen molar-refractivity contribution in [3.8, 4) is 66.9 Å². The molecule has 0 aliphatic carbocycles. The van der Waals surface area contributed by atoms with Crippen LogP contribution in [-0.4, -0.2) is 68.2 Å². The number of nitrogens with one attached hydrogen (secondary N) is 2. The Morgan fingerprint density at radius 1 is 0.634 bits per heavy atom. The van der Waals surface area contributed by atoms with Gasteiger partial charge in [-0.25, -0.2) is 19.6 Å². The first-order valence-corrected chi connectivity index (χ1v) is 24.3. The third kappa shape index (κ3) is 13.5. The largest absolute Gasteiger partial charge is 0.496 e. The number of methoxy groups -OCH3 is 2. The number of rotatable bonds is 19. The molecule has 0 aliphatic heterocycles. The molecule has 0 saturated carbocycles. The van der Waals surface area contributed by atoms with Crippen molar-refractivity contribution in [1.29, 1.82) is 0 Å². The fourth-order valence-electron chi connectivity index (χ4n) is 6.77. The minimum Gasteiger partial charge on any atom is -0.496 e. The zero-order valence-electron chi connectivity index (χ0n) is 37.7. The first-order chi connectivity index (χ1) is 34.1. The molecule has 15 nitrogen and oxygen atoms in total. The quantitative estimate of drug-likeness (QED) is 0.0510. The average molecular weight is 1050 g/mol. The van der Waals surface area contributed by atoms with Crippen LogP contribution >= 0.6 is 34.4 Å². The molecule has 0 unspecified atom stereocenters. The Bertz CT molecular complexity index is 3130. The zero-order chi connectivity index (χ0) is 50.7. The van der Waals surface area contributed by atoms with E-state index in [1.165, 1.54) is 61.2 Å². The maximum Gasteiger partial charge on any atom is 0.439 e. The Balaban J connectivity index is 0.000000209. The lowest BCUT2D eigenvalue weighted by Gasteiger charge is -2.10. The minimum absolute atomic E-state index is 0.0176. The molecule has 0 bridgehead atoms. The summed E-state index contributed by atoms with van der Waals surface area (Å²) in [6.07, 6.45) is -4.13. The average Bonchev–Trinajstić information content (AvgIpc) is 4.19. The van der Waals surface area contributed by atoms with Crippen molar-refractivity contribution in [3.05, 3.63) is 138 Å². The molecule has 0 radical (unpaired) electrons. The van der Waals surface area contributed by atoms with Gasteiger partial charge in [-0.15, -0.1) is 22.7 Å². The Kier molecular flexibility index (Phi) is 17.1. The van der Waals surface area contributed by atoms with Crippen LogP contribution in [0.4, 0.5) is 26.3 Å². The van der Waals surface area contributed by atoms with E-state index in [2.05, 4.69) is 34.3 Å². The molecule has 4 aromatic heterocycles. The summed E-state index contributed by atoms with van der Waals surface area (Å²) in [5, 5.41) is 17.8. The summed E-state index contributed by atoms with van der Waals surface area (Å²) in [5.41, 5.74) is 2.39. The summed E-state index contributed by atoms with van der Waals surface area (Å²) in [6.45, 7) is 0.370. The first kappa shape index (κ1) is 51.9. The van der Waals surface area contributed by atoms with Gasteiger partial charge in [0.15, 0.2) is 11.6 Å². The predicted molar refractivity (Wildman–Crippen MR) is 254 cm³/mol. The van der Waals surface area contributed by atoms with E-state index in [1.54, 1.807) is 48.2 Å². The lowest BCUT2D eigenvalue weighted by Crippen LogP contribution is -2.03. The van der Waals surface area contributed by atoms with E-state index >= 15 is 0 Å². The Hall–Kier alpha value is -6.89. The number of aromatic nitrogens is 6. The predicted octanol–water partition coefficient (Wildman–Crippen LogP) is 10.7. The minimum atomic E-state index is -4.41. The van der Waals surface area contributed by atoms with E-state index in [9.17, 15) is 41.0 Å². The van der Waals surface area contributed by atoms with Gasteiger partial charge in [0.25, 0.3) is 0 Å². The molecule has 3 N–H and O–H groups in total. The number of nitrogens with zero attached hydrogens (tertiary/aromatic N) is 4. The van der Waals surface area contributed by atoms with Gasteiger partial charge < -0.3 is 24.1 Å². The van der Waals surface area contributed by atoms with Crippen molar-refractivity contribution in [2.45, 2.75) is 51.2 Å². The summed E-state index contributed by atoms with van der Waals surface area (Å²) in [6, 6.07) is 19.9. The number of aromatic amines is 2. The number of H-pyrrole nitrogens is 2. The molecule has 0 saturated heterocycles. The van der Waals surface area contributed by atoms with Gasteiger partial charge in [-0.05, 0) is 86.2 Å². The Morgan fingerprint density at radius 3 is 1.41 bits per heavy atom. The molecule has 4 heterocycles. The second kappa shape index (κ2) is 23.3. The van der Waals surface area contributed by atoms with Crippen LogP contribution in [0.5, 0.6) is 23.0 Å². The van der Waals surface area contributed by atoms with Gasteiger partial charge in [-0.3, -0.25) is 19.0 Å². The number of thiazole rings is 2. The number of benzene rings is 4. The molecule has 0 aliphatic rings. The van der Waals surface area contributed by atoms with E-state index in [0.717, 1.165) is 58.3 Å². The number of ether oxygens (including phenoxy) is 4. The van der Waals surface area contributed by atoms with Crippen molar-refractivity contribution in [3.63, 3.8) is 0 Å². The second-order valence-electron chi connectivity index (χ2n) is 15.0. The normalized spacial score (nSPS) is 11.6. The maximum atomic E-state index is 12.9. The fraction of sp³-hybridized carbons (Fsp3) is 0.277. The van der Waals surface area contributed by atoms with Gasteiger partial charge in [0.05, 0.1) is 57.6 Å². The number of thioether (sulfide) groups is 1. The maximum absolute atomic E-state index is 12.9. The van der Waals surface area contributed by atoms with Gasteiger partial charge in [-0.1, -0.05) is 34.6 Å². The number of hydrogen-bond acceptors (Lipinski definition) is 16. The molecule has 24 heteroatoms. The number of aliphatic hydroxyl groups excluding tert-OH is 1. The molecular weight excluding hydrogens is 1000 g/mol. The Morgan fingerprint density at radius 2 is 1.06 bits per heavy atom. The molecule has 0 atom stereocenters. The summed E-state index contributed by atoms with van der Waals surface area (Å²) in [4.78, 5) is 38.4. The molecule has 0 fully saturated rings. The van der Waals surface area contributed by atoms with E-state index in [0.29, 0.717) is 73.8 Å². The fourth-order valence-corrected chi connectivity index (χ4v) is 9.25. The van der Waals surface area contributed by atoms with Crippen LogP contribution in [0.25, 0.3) is 43.9 Å². The highest BCUT2D eigenvalue weighted by molar-refractivity contribution is 7.98. The summed E-state index contributed by atoms with van der Waals surface area (Å²) in [5.74, 6) is 1.92. The Labute approximate surface area is 411 Å². The highest BCUT2D eigenvalue weighted by Gasteiger charge is 2.31. The van der Waals surface area contributed by atoms with Crippen LogP contribution in [0.15, 0.2) is 104 Å². The van der Waals surface area contributed by atoms with Crippen LogP contribution in [0.3, 0.4) is 0 Å². The van der Waals surface area contributed by atoms with Crippen LogP contribution in [0, 0.1) is 0 Å². The first-order valence-electron chi connectivity index (χ1n) is 21.2. The van der Waals surface area contributed by atoms with Gasteiger partial charge in [0.2, 0.25) is 0 Å². The lowest BCUT2D eigenvalue weighted by molar-refractivity contribution is -0.138.